The molecule has 0 aliphatic carbocycles. The zero-order valence-electron chi connectivity index (χ0n) is 8.37. The van der Waals surface area contributed by atoms with Crippen molar-refractivity contribution in [1.29, 1.82) is 0 Å². The number of rotatable bonds is 3. The number of hydrogen-bond acceptors (Lipinski definition) is 3. The van der Waals surface area contributed by atoms with Gasteiger partial charge in [0.25, 0.3) is 0 Å². The molecule has 0 bridgehead atoms. The van der Waals surface area contributed by atoms with Gasteiger partial charge in [-0.3, -0.25) is 4.79 Å². The van der Waals surface area contributed by atoms with Crippen LogP contribution in [0.3, 0.4) is 0 Å². The van der Waals surface area contributed by atoms with Crippen LogP contribution < -0.4 is 5.73 Å². The quantitative estimate of drug-likeness (QED) is 0.678. The van der Waals surface area contributed by atoms with Gasteiger partial charge in [0.2, 0.25) is 0 Å². The summed E-state index contributed by atoms with van der Waals surface area (Å²) in [5, 5.41) is 0. The van der Waals surface area contributed by atoms with Crippen LogP contribution >= 0.6 is 15.9 Å². The summed E-state index contributed by atoms with van der Waals surface area (Å²) in [6.45, 7) is 0. The Morgan fingerprint density at radius 3 is 3.00 bits per heavy atom. The molecule has 2 N–H and O–H groups in total. The largest absolute Gasteiger partial charge is 0.469 e. The predicted molar refractivity (Wildman–Crippen MR) is 64.2 cm³/mol. The smallest absolute Gasteiger partial charge is 0.309 e. The van der Waals surface area contributed by atoms with Gasteiger partial charge in [0.15, 0.2) is 0 Å². The van der Waals surface area contributed by atoms with Crippen molar-refractivity contribution in [2.45, 2.75) is 6.42 Å². The molecule has 0 atom stereocenters. The number of carbonyl (C=O) groups is 1. The lowest BCUT2D eigenvalue weighted by atomic mass is 10.1. The summed E-state index contributed by atoms with van der Waals surface area (Å²) < 4.78 is 5.46. The van der Waals surface area contributed by atoms with Crippen LogP contribution in [-0.2, 0) is 9.53 Å². The minimum atomic E-state index is -0.264. The molecule has 0 aliphatic heterocycles. The van der Waals surface area contributed by atoms with E-state index >= 15 is 0 Å². The molecule has 0 saturated carbocycles. The molecule has 1 aromatic rings. The first-order valence-electron chi connectivity index (χ1n) is 4.42. The number of ether oxygens (including phenoxy) is 1. The summed E-state index contributed by atoms with van der Waals surface area (Å²) in [4.78, 5) is 10.8. The van der Waals surface area contributed by atoms with Crippen molar-refractivity contribution in [2.75, 3.05) is 12.8 Å². The van der Waals surface area contributed by atoms with Gasteiger partial charge in [0.05, 0.1) is 13.5 Å². The minimum absolute atomic E-state index is 0.252. The first-order valence-corrected chi connectivity index (χ1v) is 5.21. The number of hydrogen-bond donors (Lipinski definition) is 1. The van der Waals surface area contributed by atoms with Gasteiger partial charge in [-0.25, -0.2) is 0 Å². The van der Waals surface area contributed by atoms with Crippen LogP contribution in [0.25, 0.3) is 6.08 Å². The minimum Gasteiger partial charge on any atom is -0.469 e. The van der Waals surface area contributed by atoms with Crippen molar-refractivity contribution in [3.05, 3.63) is 34.3 Å². The number of esters is 1. The lowest BCUT2D eigenvalue weighted by Crippen LogP contribution is -1.96. The molecule has 4 heteroatoms. The molecule has 0 aliphatic rings. The number of carbonyl (C=O) groups excluding carboxylic acids is 1. The molecule has 1 aromatic carbocycles. The van der Waals surface area contributed by atoms with Crippen molar-refractivity contribution in [3.63, 3.8) is 0 Å². The number of nitrogen functional groups attached to an aromatic ring is 1. The summed E-state index contributed by atoms with van der Waals surface area (Å²) in [6.07, 6.45) is 3.78. The van der Waals surface area contributed by atoms with Gasteiger partial charge in [-0.15, -0.1) is 0 Å². The Kier molecular flexibility index (Phi) is 4.37. The third-order valence-electron chi connectivity index (χ3n) is 1.86. The molecule has 80 valence electrons. The van der Waals surface area contributed by atoms with Gasteiger partial charge < -0.3 is 10.5 Å². The Labute approximate surface area is 97.0 Å². The predicted octanol–water partition coefficient (Wildman–Crippen LogP) is 2.61. The SMILES string of the molecule is COC(=O)CC=Cc1cc(Br)ccc1N. The molecule has 0 radical (unpaired) electrons. The topological polar surface area (TPSA) is 52.3 Å². The molecule has 0 saturated heterocycles. The summed E-state index contributed by atoms with van der Waals surface area (Å²) in [7, 11) is 1.36. The number of anilines is 1. The lowest BCUT2D eigenvalue weighted by Gasteiger charge is -2.00. The standard InChI is InChI=1S/C11H12BrNO2/c1-15-11(14)4-2-3-8-7-9(12)5-6-10(8)13/h2-3,5-7H,4,13H2,1H3. The first kappa shape index (κ1) is 11.8. The van der Waals surface area contributed by atoms with Gasteiger partial charge in [0, 0.05) is 10.2 Å². The Hall–Kier alpha value is -1.29. The van der Waals surface area contributed by atoms with Gasteiger partial charge >= 0.3 is 5.97 Å². The Balaban J connectivity index is 2.71. The third kappa shape index (κ3) is 3.75. The van der Waals surface area contributed by atoms with E-state index in [4.69, 9.17) is 5.73 Å². The average Bonchev–Trinajstić information content (AvgIpc) is 2.23. The number of benzene rings is 1. The average molecular weight is 270 g/mol. The molecule has 0 heterocycles. The van der Waals surface area contributed by atoms with E-state index in [1.165, 1.54) is 7.11 Å². The molecular weight excluding hydrogens is 258 g/mol. The lowest BCUT2D eigenvalue weighted by molar-refractivity contribution is -0.139. The van der Waals surface area contributed by atoms with E-state index in [2.05, 4.69) is 20.7 Å². The van der Waals surface area contributed by atoms with Crippen LogP contribution in [0.15, 0.2) is 28.7 Å². The molecule has 0 unspecified atom stereocenters. The molecule has 0 spiro atoms. The van der Waals surface area contributed by atoms with E-state index < -0.39 is 0 Å². The van der Waals surface area contributed by atoms with Gasteiger partial charge in [0.1, 0.15) is 0 Å². The Morgan fingerprint density at radius 2 is 2.33 bits per heavy atom. The van der Waals surface area contributed by atoms with Crippen LogP contribution in [0.4, 0.5) is 5.69 Å². The fraction of sp³-hybridized carbons (Fsp3) is 0.182. The molecule has 1 rings (SSSR count). The highest BCUT2D eigenvalue weighted by Gasteiger charge is 1.97. The van der Waals surface area contributed by atoms with Gasteiger partial charge in [-0.1, -0.05) is 28.1 Å². The summed E-state index contributed by atoms with van der Waals surface area (Å²) >= 11 is 3.35. The van der Waals surface area contributed by atoms with Crippen LogP contribution in [-0.4, -0.2) is 13.1 Å². The van der Waals surface area contributed by atoms with E-state index in [0.29, 0.717) is 5.69 Å². The molecule has 0 aromatic heterocycles. The van der Waals surface area contributed by atoms with Crippen molar-refractivity contribution < 1.29 is 9.53 Å². The zero-order chi connectivity index (χ0) is 11.3. The van der Waals surface area contributed by atoms with Crippen molar-refractivity contribution in [3.8, 4) is 0 Å². The second-order valence-corrected chi connectivity index (χ2v) is 3.87. The van der Waals surface area contributed by atoms with Crippen molar-refractivity contribution in [2.24, 2.45) is 0 Å². The van der Waals surface area contributed by atoms with Crippen LogP contribution in [0.2, 0.25) is 0 Å². The molecule has 0 amide bonds. The van der Waals surface area contributed by atoms with Crippen LogP contribution in [0, 0.1) is 0 Å². The highest BCUT2D eigenvalue weighted by atomic mass is 79.9. The highest BCUT2D eigenvalue weighted by Crippen LogP contribution is 2.19. The van der Waals surface area contributed by atoms with E-state index in [0.717, 1.165) is 10.0 Å². The van der Waals surface area contributed by atoms with E-state index in [-0.39, 0.29) is 12.4 Å². The highest BCUT2D eigenvalue weighted by molar-refractivity contribution is 9.10. The van der Waals surface area contributed by atoms with Gasteiger partial charge in [-0.05, 0) is 23.8 Å². The monoisotopic (exact) mass is 269 g/mol. The Bertz CT molecular complexity index is 388. The fourth-order valence-electron chi connectivity index (χ4n) is 1.06. The summed E-state index contributed by atoms with van der Waals surface area (Å²) in [5.41, 5.74) is 7.31. The van der Waals surface area contributed by atoms with Crippen LogP contribution in [0.1, 0.15) is 12.0 Å². The molecular formula is C11H12BrNO2. The number of nitrogens with two attached hydrogens (primary N) is 1. The van der Waals surface area contributed by atoms with Crippen molar-refractivity contribution >= 4 is 33.7 Å². The second kappa shape index (κ2) is 5.56. The summed E-state index contributed by atoms with van der Waals surface area (Å²) in [5.74, 6) is -0.264. The maximum absolute atomic E-state index is 10.8. The maximum atomic E-state index is 10.8. The molecule has 3 nitrogen and oxygen atoms in total. The summed E-state index contributed by atoms with van der Waals surface area (Å²) in [6, 6.07) is 5.57. The van der Waals surface area contributed by atoms with Crippen molar-refractivity contribution in [1.82, 2.24) is 0 Å². The fourth-order valence-corrected chi connectivity index (χ4v) is 1.43. The maximum Gasteiger partial charge on any atom is 0.309 e. The molecule has 15 heavy (non-hydrogen) atoms. The van der Waals surface area contributed by atoms with E-state index in [9.17, 15) is 4.79 Å². The van der Waals surface area contributed by atoms with Gasteiger partial charge in [-0.2, -0.15) is 0 Å². The zero-order valence-corrected chi connectivity index (χ0v) is 9.95. The normalized spacial score (nSPS) is 10.5. The third-order valence-corrected chi connectivity index (χ3v) is 2.35. The van der Waals surface area contributed by atoms with E-state index in [1.54, 1.807) is 12.2 Å². The first-order chi connectivity index (χ1) is 7.13. The Morgan fingerprint density at radius 1 is 1.60 bits per heavy atom. The van der Waals surface area contributed by atoms with Crippen LogP contribution in [0.5, 0.6) is 0 Å². The molecule has 0 fully saturated rings. The van der Waals surface area contributed by atoms with E-state index in [1.807, 2.05) is 18.2 Å². The second-order valence-electron chi connectivity index (χ2n) is 2.96. The number of halogens is 1. The number of methoxy groups -OCH3 is 1.